The molecule has 3 nitrogen and oxygen atoms in total. The van der Waals surface area contributed by atoms with Gasteiger partial charge in [0.2, 0.25) is 0 Å². The molecule has 0 saturated carbocycles. The van der Waals surface area contributed by atoms with E-state index >= 15 is 0 Å². The van der Waals surface area contributed by atoms with Crippen LogP contribution in [-0.4, -0.2) is 6.61 Å². The Labute approximate surface area is 118 Å². The Bertz CT molecular complexity index is 599. The largest absolute Gasteiger partial charge is 0.491 e. The minimum Gasteiger partial charge on any atom is -0.491 e. The molecule has 4 heteroatoms. The normalized spacial score (nSPS) is 10.3. The Kier molecular flexibility index (Phi) is 4.45. The molecule has 0 aliphatic carbocycles. The number of ether oxygens (including phenoxy) is 1. The van der Waals surface area contributed by atoms with Gasteiger partial charge in [-0.25, -0.2) is 4.39 Å². The molecule has 0 atom stereocenters. The molecule has 0 heterocycles. The van der Waals surface area contributed by atoms with Crippen LogP contribution in [0.4, 0.5) is 15.8 Å². The van der Waals surface area contributed by atoms with E-state index in [1.54, 1.807) is 6.07 Å². The minimum atomic E-state index is -0.439. The van der Waals surface area contributed by atoms with Gasteiger partial charge in [0.05, 0.1) is 18.0 Å². The van der Waals surface area contributed by atoms with Gasteiger partial charge in [-0.2, -0.15) is 0 Å². The first-order valence-electron chi connectivity index (χ1n) is 6.62. The van der Waals surface area contributed by atoms with Crippen LogP contribution in [0.5, 0.6) is 5.75 Å². The number of nitrogens with one attached hydrogen (secondary N) is 1. The van der Waals surface area contributed by atoms with Crippen molar-refractivity contribution < 1.29 is 9.13 Å². The Morgan fingerprint density at radius 1 is 1.25 bits per heavy atom. The third kappa shape index (κ3) is 3.20. The fraction of sp³-hybridized carbons (Fsp3) is 0.250. The zero-order valence-electron chi connectivity index (χ0n) is 11.7. The Hall–Kier alpha value is -2.23. The molecule has 20 heavy (non-hydrogen) atoms. The highest BCUT2D eigenvalue weighted by atomic mass is 19.1. The first-order valence-corrected chi connectivity index (χ1v) is 6.62. The number of aryl methyl sites for hydroxylation is 1. The van der Waals surface area contributed by atoms with Gasteiger partial charge in [0.15, 0.2) is 11.6 Å². The van der Waals surface area contributed by atoms with Crippen LogP contribution < -0.4 is 15.8 Å². The number of nitrogen functional groups attached to an aromatic ring is 1. The monoisotopic (exact) mass is 274 g/mol. The van der Waals surface area contributed by atoms with Crippen molar-refractivity contribution in [2.75, 3.05) is 17.7 Å². The van der Waals surface area contributed by atoms with E-state index in [0.717, 1.165) is 0 Å². The van der Waals surface area contributed by atoms with E-state index in [-0.39, 0.29) is 5.75 Å². The van der Waals surface area contributed by atoms with Crippen molar-refractivity contribution in [3.8, 4) is 5.75 Å². The van der Waals surface area contributed by atoms with E-state index in [4.69, 9.17) is 10.5 Å². The van der Waals surface area contributed by atoms with Crippen molar-refractivity contribution in [1.82, 2.24) is 0 Å². The summed E-state index contributed by atoms with van der Waals surface area (Å²) in [6, 6.07) is 11.0. The molecule has 0 aliphatic rings. The fourth-order valence-electron chi connectivity index (χ4n) is 1.99. The van der Waals surface area contributed by atoms with Crippen molar-refractivity contribution in [2.24, 2.45) is 0 Å². The second-order valence-electron chi connectivity index (χ2n) is 4.58. The van der Waals surface area contributed by atoms with E-state index in [2.05, 4.69) is 18.3 Å². The highest BCUT2D eigenvalue weighted by Gasteiger charge is 2.09. The van der Waals surface area contributed by atoms with E-state index < -0.39 is 5.82 Å². The molecule has 0 aromatic heterocycles. The van der Waals surface area contributed by atoms with Crippen LogP contribution in [0.1, 0.15) is 18.1 Å². The predicted molar refractivity (Wildman–Crippen MR) is 80.5 cm³/mol. The zero-order chi connectivity index (χ0) is 14.5. The standard InChI is InChI=1S/C16H19FN2O/c1-3-20-16-9-15(14(18)8-13(16)17)19-10-12-7-5-4-6-11(12)2/h4-9,19H,3,10,18H2,1-2H3. The molecule has 2 rings (SSSR count). The number of halogens is 1. The third-order valence-corrected chi connectivity index (χ3v) is 3.13. The van der Waals surface area contributed by atoms with Crippen LogP contribution >= 0.6 is 0 Å². The summed E-state index contributed by atoms with van der Waals surface area (Å²) in [5, 5.41) is 3.22. The lowest BCUT2D eigenvalue weighted by atomic mass is 10.1. The number of anilines is 2. The van der Waals surface area contributed by atoms with Gasteiger partial charge >= 0.3 is 0 Å². The summed E-state index contributed by atoms with van der Waals surface area (Å²) >= 11 is 0. The van der Waals surface area contributed by atoms with Gasteiger partial charge in [0.25, 0.3) is 0 Å². The van der Waals surface area contributed by atoms with Crippen molar-refractivity contribution in [3.05, 3.63) is 53.3 Å². The molecule has 106 valence electrons. The summed E-state index contributed by atoms with van der Waals surface area (Å²) in [5.74, 6) is -0.222. The Balaban J connectivity index is 2.17. The third-order valence-electron chi connectivity index (χ3n) is 3.13. The zero-order valence-corrected chi connectivity index (χ0v) is 11.7. The van der Waals surface area contributed by atoms with Gasteiger partial charge in [0, 0.05) is 18.7 Å². The van der Waals surface area contributed by atoms with Crippen LogP contribution in [0.2, 0.25) is 0 Å². The quantitative estimate of drug-likeness (QED) is 0.817. The second-order valence-corrected chi connectivity index (χ2v) is 4.58. The maximum Gasteiger partial charge on any atom is 0.167 e. The predicted octanol–water partition coefficient (Wildman–Crippen LogP) is 3.73. The van der Waals surface area contributed by atoms with E-state index in [0.29, 0.717) is 24.5 Å². The number of hydrogen-bond acceptors (Lipinski definition) is 3. The van der Waals surface area contributed by atoms with E-state index in [1.165, 1.54) is 17.2 Å². The smallest absolute Gasteiger partial charge is 0.167 e. The second kappa shape index (κ2) is 6.28. The number of hydrogen-bond donors (Lipinski definition) is 2. The van der Waals surface area contributed by atoms with Gasteiger partial charge in [-0.3, -0.25) is 0 Å². The summed E-state index contributed by atoms with van der Waals surface area (Å²) in [4.78, 5) is 0. The SMILES string of the molecule is CCOc1cc(NCc2ccccc2C)c(N)cc1F. The van der Waals surface area contributed by atoms with Gasteiger partial charge < -0.3 is 15.8 Å². The average Bonchev–Trinajstić information content (AvgIpc) is 2.42. The molecule has 0 saturated heterocycles. The van der Waals surface area contributed by atoms with Crippen LogP contribution in [0.25, 0.3) is 0 Å². The highest BCUT2D eigenvalue weighted by molar-refractivity contribution is 5.68. The molecule has 0 unspecified atom stereocenters. The molecule has 0 fully saturated rings. The summed E-state index contributed by atoms with van der Waals surface area (Å²) < 4.78 is 18.8. The Morgan fingerprint density at radius 2 is 2.00 bits per heavy atom. The summed E-state index contributed by atoms with van der Waals surface area (Å²) in [7, 11) is 0. The number of rotatable bonds is 5. The molecular weight excluding hydrogens is 255 g/mol. The van der Waals surface area contributed by atoms with Crippen LogP contribution in [0, 0.1) is 12.7 Å². The molecular formula is C16H19FN2O. The van der Waals surface area contributed by atoms with E-state index in [1.807, 2.05) is 25.1 Å². The van der Waals surface area contributed by atoms with Crippen LogP contribution in [-0.2, 0) is 6.54 Å². The molecule has 0 spiro atoms. The lowest BCUT2D eigenvalue weighted by Crippen LogP contribution is -2.05. The lowest BCUT2D eigenvalue weighted by molar-refractivity contribution is 0.322. The topological polar surface area (TPSA) is 47.3 Å². The summed E-state index contributed by atoms with van der Waals surface area (Å²) in [6.07, 6.45) is 0. The first kappa shape index (κ1) is 14.2. The minimum absolute atomic E-state index is 0.217. The lowest BCUT2D eigenvalue weighted by Gasteiger charge is -2.13. The summed E-state index contributed by atoms with van der Waals surface area (Å²) in [6.45, 7) is 4.92. The number of benzene rings is 2. The number of nitrogens with two attached hydrogens (primary N) is 1. The van der Waals surface area contributed by atoms with Gasteiger partial charge in [-0.05, 0) is 25.0 Å². The van der Waals surface area contributed by atoms with Crippen molar-refractivity contribution in [3.63, 3.8) is 0 Å². The summed E-state index contributed by atoms with van der Waals surface area (Å²) in [5.41, 5.74) is 9.26. The maximum atomic E-state index is 13.6. The molecule has 0 amide bonds. The van der Waals surface area contributed by atoms with Crippen molar-refractivity contribution >= 4 is 11.4 Å². The first-order chi connectivity index (χ1) is 9.61. The van der Waals surface area contributed by atoms with Gasteiger partial charge in [-0.1, -0.05) is 24.3 Å². The average molecular weight is 274 g/mol. The van der Waals surface area contributed by atoms with Gasteiger partial charge in [0.1, 0.15) is 0 Å². The molecule has 2 aromatic rings. The maximum absolute atomic E-state index is 13.6. The van der Waals surface area contributed by atoms with E-state index in [9.17, 15) is 4.39 Å². The van der Waals surface area contributed by atoms with Crippen molar-refractivity contribution in [2.45, 2.75) is 20.4 Å². The Morgan fingerprint density at radius 3 is 2.70 bits per heavy atom. The molecule has 2 aromatic carbocycles. The molecule has 3 N–H and O–H groups in total. The van der Waals surface area contributed by atoms with Gasteiger partial charge in [-0.15, -0.1) is 0 Å². The molecule has 0 radical (unpaired) electrons. The van der Waals surface area contributed by atoms with Crippen molar-refractivity contribution in [1.29, 1.82) is 0 Å². The highest BCUT2D eigenvalue weighted by Crippen LogP contribution is 2.28. The molecule has 0 bridgehead atoms. The fourth-order valence-corrected chi connectivity index (χ4v) is 1.99. The van der Waals surface area contributed by atoms with Crippen LogP contribution in [0.3, 0.4) is 0 Å². The molecule has 0 aliphatic heterocycles. The van der Waals surface area contributed by atoms with Crippen LogP contribution in [0.15, 0.2) is 36.4 Å².